The van der Waals surface area contributed by atoms with Gasteiger partial charge in [0, 0.05) is 16.2 Å². The normalized spacial score (nSPS) is 12.1. The van der Waals surface area contributed by atoms with Crippen LogP contribution in [-0.2, 0) is 6.42 Å². The summed E-state index contributed by atoms with van der Waals surface area (Å²) in [4.78, 5) is 0. The van der Waals surface area contributed by atoms with E-state index in [1.807, 2.05) is 12.2 Å². The van der Waals surface area contributed by atoms with Crippen molar-refractivity contribution in [3.05, 3.63) is 170 Å². The van der Waals surface area contributed by atoms with E-state index in [0.29, 0.717) is 0 Å². The molecule has 0 aliphatic heterocycles. The van der Waals surface area contributed by atoms with Gasteiger partial charge in [-0.25, -0.2) is 0 Å². The number of benzene rings is 7. The predicted molar refractivity (Wildman–Crippen MR) is 189 cm³/mol. The van der Waals surface area contributed by atoms with Crippen molar-refractivity contribution in [3.63, 3.8) is 0 Å². The molecule has 8 aromatic rings. The molecule has 0 amide bonds. The third-order valence-corrected chi connectivity index (χ3v) is 8.65. The second kappa shape index (κ2) is 10.9. The monoisotopic (exact) mass is 562 g/mol. The first-order chi connectivity index (χ1) is 21.8. The second-order valence-corrected chi connectivity index (χ2v) is 11.3. The lowest BCUT2D eigenvalue weighted by Crippen LogP contribution is -1.92. The molecule has 7 aromatic carbocycles. The Hall–Kier alpha value is -5.66. The number of fused-ring (bicyclic) bond motifs is 7. The van der Waals surface area contributed by atoms with Crippen LogP contribution in [0.25, 0.3) is 76.5 Å². The summed E-state index contributed by atoms with van der Waals surface area (Å²) in [6.07, 6.45) is 10.9. The Morgan fingerprint density at radius 1 is 0.500 bits per heavy atom. The Kier molecular flexibility index (Phi) is 6.43. The van der Waals surface area contributed by atoms with Gasteiger partial charge in [0.05, 0.1) is 0 Å². The summed E-state index contributed by atoms with van der Waals surface area (Å²) in [5.41, 5.74) is 8.08. The first-order valence-electron chi connectivity index (χ1n) is 15.1. The van der Waals surface area contributed by atoms with Crippen molar-refractivity contribution in [1.82, 2.24) is 0 Å². The fraction of sp³-hybridized carbons (Fsp3) is 0.0233. The quantitative estimate of drug-likeness (QED) is 0.145. The first-order valence-corrected chi connectivity index (χ1v) is 15.1. The molecule has 208 valence electrons. The van der Waals surface area contributed by atoms with Crippen LogP contribution in [0, 0.1) is 0 Å². The molecule has 0 N–H and O–H groups in total. The Labute approximate surface area is 256 Å². The molecule has 44 heavy (non-hydrogen) atoms. The molecule has 1 nitrogen and oxygen atoms in total. The molecule has 0 aliphatic rings. The lowest BCUT2D eigenvalue weighted by Gasteiger charge is -2.18. The van der Waals surface area contributed by atoms with Crippen LogP contribution in [0.4, 0.5) is 0 Å². The van der Waals surface area contributed by atoms with Crippen molar-refractivity contribution < 1.29 is 4.42 Å². The minimum atomic E-state index is 0.850. The maximum Gasteiger partial charge on any atom is 0.143 e. The zero-order chi connectivity index (χ0) is 29.5. The Morgan fingerprint density at radius 2 is 1.20 bits per heavy atom. The molecule has 0 bridgehead atoms. The van der Waals surface area contributed by atoms with Crippen LogP contribution in [-0.4, -0.2) is 0 Å². The van der Waals surface area contributed by atoms with Gasteiger partial charge >= 0.3 is 0 Å². The van der Waals surface area contributed by atoms with Crippen LogP contribution < -0.4 is 0 Å². The van der Waals surface area contributed by atoms with E-state index >= 15 is 0 Å². The van der Waals surface area contributed by atoms with Gasteiger partial charge in [-0.15, -0.1) is 0 Å². The van der Waals surface area contributed by atoms with Crippen LogP contribution in [0.3, 0.4) is 0 Å². The summed E-state index contributed by atoms with van der Waals surface area (Å²) in [5.74, 6) is 0. The van der Waals surface area contributed by atoms with E-state index in [2.05, 4.69) is 146 Å². The standard InChI is InChI=1S/C43H30O/c1-2-3-4-5-7-14-29-21-24-36-39(27-29)42(35-20-13-12-19-34(35)41(36)31-16-8-6-9-17-31)32-23-26-40-38(28-32)37-25-22-30-15-10-11-18-33(30)43(37)44-40/h2-13,15-28H,1,14H2/b4-3-,7-5-. The van der Waals surface area contributed by atoms with Gasteiger partial charge in [-0.2, -0.15) is 0 Å². The highest BCUT2D eigenvalue weighted by Crippen LogP contribution is 2.45. The minimum absolute atomic E-state index is 0.850. The van der Waals surface area contributed by atoms with Crippen LogP contribution >= 0.6 is 0 Å². The third kappa shape index (κ3) is 4.33. The third-order valence-electron chi connectivity index (χ3n) is 8.65. The van der Waals surface area contributed by atoms with E-state index in [1.54, 1.807) is 6.08 Å². The van der Waals surface area contributed by atoms with Crippen molar-refractivity contribution >= 4 is 54.3 Å². The van der Waals surface area contributed by atoms with Gasteiger partial charge in [0.2, 0.25) is 0 Å². The van der Waals surface area contributed by atoms with Gasteiger partial charge in [0.1, 0.15) is 11.2 Å². The fourth-order valence-electron chi connectivity index (χ4n) is 6.66. The summed E-state index contributed by atoms with van der Waals surface area (Å²) in [5, 5.41) is 9.64. The smallest absolute Gasteiger partial charge is 0.143 e. The Balaban J connectivity index is 1.42. The molecule has 8 rings (SSSR count). The summed E-state index contributed by atoms with van der Waals surface area (Å²) in [7, 11) is 0. The highest BCUT2D eigenvalue weighted by atomic mass is 16.3. The molecule has 1 aromatic heterocycles. The molecule has 0 aliphatic carbocycles. The van der Waals surface area contributed by atoms with E-state index in [-0.39, 0.29) is 0 Å². The molecule has 1 heterocycles. The van der Waals surface area contributed by atoms with E-state index in [0.717, 1.165) is 33.7 Å². The Morgan fingerprint density at radius 3 is 2.02 bits per heavy atom. The first kappa shape index (κ1) is 26.0. The predicted octanol–water partition coefficient (Wildman–Crippen LogP) is 12.2. The molecular formula is C43H30O. The van der Waals surface area contributed by atoms with Crippen molar-refractivity contribution in [1.29, 1.82) is 0 Å². The molecular weight excluding hydrogens is 532 g/mol. The number of hydrogen-bond acceptors (Lipinski definition) is 1. The second-order valence-electron chi connectivity index (χ2n) is 11.3. The summed E-state index contributed by atoms with van der Waals surface area (Å²) >= 11 is 0. The van der Waals surface area contributed by atoms with E-state index < -0.39 is 0 Å². The van der Waals surface area contributed by atoms with Gasteiger partial charge in [-0.1, -0.05) is 146 Å². The summed E-state index contributed by atoms with van der Waals surface area (Å²) < 4.78 is 6.48. The van der Waals surface area contributed by atoms with Gasteiger partial charge < -0.3 is 4.42 Å². The molecule has 1 heteroatoms. The van der Waals surface area contributed by atoms with Crippen molar-refractivity contribution in [2.24, 2.45) is 0 Å². The van der Waals surface area contributed by atoms with Crippen LogP contribution in [0.5, 0.6) is 0 Å². The zero-order valence-corrected chi connectivity index (χ0v) is 24.3. The molecule has 0 saturated heterocycles. The maximum absolute atomic E-state index is 6.48. The molecule has 0 saturated carbocycles. The van der Waals surface area contributed by atoms with Crippen LogP contribution in [0.1, 0.15) is 5.56 Å². The summed E-state index contributed by atoms with van der Waals surface area (Å²) in [6, 6.07) is 46.1. The topological polar surface area (TPSA) is 13.1 Å². The van der Waals surface area contributed by atoms with E-state index in [9.17, 15) is 0 Å². The highest BCUT2D eigenvalue weighted by Gasteiger charge is 2.18. The average molecular weight is 563 g/mol. The molecule has 0 radical (unpaired) electrons. The number of furan rings is 1. The number of rotatable bonds is 6. The number of hydrogen-bond donors (Lipinski definition) is 0. The SMILES string of the molecule is C=C/C=C\C=C/Cc1ccc2c(-c3ccccc3)c3ccccc3c(-c3ccc4oc5c6ccccc6ccc5c4c3)c2c1. The van der Waals surface area contributed by atoms with Crippen LogP contribution in [0.2, 0.25) is 0 Å². The minimum Gasteiger partial charge on any atom is -0.455 e. The average Bonchev–Trinajstić information content (AvgIpc) is 3.46. The fourth-order valence-corrected chi connectivity index (χ4v) is 6.66. The van der Waals surface area contributed by atoms with Gasteiger partial charge in [0.15, 0.2) is 0 Å². The molecule has 0 atom stereocenters. The largest absolute Gasteiger partial charge is 0.455 e. The van der Waals surface area contributed by atoms with Gasteiger partial charge in [0.25, 0.3) is 0 Å². The van der Waals surface area contributed by atoms with Crippen LogP contribution in [0.15, 0.2) is 169 Å². The maximum atomic E-state index is 6.48. The van der Waals surface area contributed by atoms with Crippen molar-refractivity contribution in [3.8, 4) is 22.3 Å². The van der Waals surface area contributed by atoms with E-state index in [4.69, 9.17) is 4.42 Å². The van der Waals surface area contributed by atoms with E-state index in [1.165, 1.54) is 54.7 Å². The Bertz CT molecular complexity index is 2420. The lowest BCUT2D eigenvalue weighted by molar-refractivity contribution is 0.672. The van der Waals surface area contributed by atoms with Crippen molar-refractivity contribution in [2.75, 3.05) is 0 Å². The molecule has 0 fully saturated rings. The van der Waals surface area contributed by atoms with Gasteiger partial charge in [-0.3, -0.25) is 0 Å². The number of allylic oxidation sites excluding steroid dienone is 5. The van der Waals surface area contributed by atoms with Gasteiger partial charge in [-0.05, 0) is 79.4 Å². The highest BCUT2D eigenvalue weighted by molar-refractivity contribution is 6.23. The lowest BCUT2D eigenvalue weighted by atomic mass is 9.85. The summed E-state index contributed by atoms with van der Waals surface area (Å²) in [6.45, 7) is 3.77. The molecule has 0 unspecified atom stereocenters. The molecule has 0 spiro atoms. The van der Waals surface area contributed by atoms with Crippen molar-refractivity contribution in [2.45, 2.75) is 6.42 Å². The zero-order valence-electron chi connectivity index (χ0n) is 24.3.